The summed E-state index contributed by atoms with van der Waals surface area (Å²) in [6.07, 6.45) is 3.70. The van der Waals surface area contributed by atoms with Crippen LogP contribution in [0.15, 0.2) is 35.3 Å². The number of nitrogens with zero attached hydrogens (tertiary/aromatic N) is 8. The molecule has 0 saturated heterocycles. The van der Waals surface area contributed by atoms with Gasteiger partial charge in [-0.2, -0.15) is 10.1 Å². The first-order chi connectivity index (χ1) is 14.5. The van der Waals surface area contributed by atoms with Crippen LogP contribution in [0.1, 0.15) is 30.7 Å². The first-order valence-electron chi connectivity index (χ1n) is 9.21. The number of imidazole rings is 1. The average Bonchev–Trinajstić information content (AvgIpc) is 3.45. The summed E-state index contributed by atoms with van der Waals surface area (Å²) in [5.74, 6) is 1.45. The number of aromatic nitrogens is 8. The van der Waals surface area contributed by atoms with Crippen molar-refractivity contribution in [2.45, 2.75) is 26.6 Å². The lowest BCUT2D eigenvalue weighted by Gasteiger charge is -2.06. The Balaban J connectivity index is 0.00000231. The number of hydrogen-bond donors (Lipinski definition) is 0. The van der Waals surface area contributed by atoms with Gasteiger partial charge < -0.3 is 19.2 Å². The van der Waals surface area contributed by atoms with Crippen LogP contribution < -0.4 is 4.74 Å². The molecule has 0 amide bonds. The second kappa shape index (κ2) is 7.72. The highest BCUT2D eigenvalue weighted by molar-refractivity contribution is 5.87. The fourth-order valence-corrected chi connectivity index (χ4v) is 3.40. The van der Waals surface area contributed by atoms with E-state index in [0.29, 0.717) is 17.4 Å². The third-order valence-electron chi connectivity index (χ3n) is 4.84. The summed E-state index contributed by atoms with van der Waals surface area (Å²) < 4.78 is 27.8. The molecule has 0 aliphatic heterocycles. The number of aryl methyl sites for hydroxylation is 1. The molecule has 5 heterocycles. The first kappa shape index (κ1) is 20.3. The van der Waals surface area contributed by atoms with Gasteiger partial charge >= 0.3 is 0 Å². The highest BCUT2D eigenvalue weighted by atomic mass is 19.1. The van der Waals surface area contributed by atoms with Crippen molar-refractivity contribution in [2.24, 2.45) is 0 Å². The molecule has 0 aliphatic carbocycles. The number of rotatable bonds is 5. The molecule has 0 aliphatic rings. The summed E-state index contributed by atoms with van der Waals surface area (Å²) in [5.41, 5.74) is 3.83. The summed E-state index contributed by atoms with van der Waals surface area (Å²) in [5, 5.41) is 11.9. The van der Waals surface area contributed by atoms with Crippen molar-refractivity contribution in [2.75, 3.05) is 7.11 Å². The molecule has 0 fully saturated rings. The Morgan fingerprint density at radius 3 is 2.84 bits per heavy atom. The summed E-state index contributed by atoms with van der Waals surface area (Å²) in [6, 6.07) is 3.90. The maximum absolute atomic E-state index is 13.4. The van der Waals surface area contributed by atoms with E-state index in [9.17, 15) is 4.39 Å². The number of pyridine rings is 1. The summed E-state index contributed by atoms with van der Waals surface area (Å²) in [6.45, 7) is 3.47. The van der Waals surface area contributed by atoms with Crippen molar-refractivity contribution in [3.63, 3.8) is 0 Å². The van der Waals surface area contributed by atoms with Gasteiger partial charge in [-0.15, -0.1) is 10.2 Å². The largest absolute Gasteiger partial charge is 0.479 e. The molecule has 0 unspecified atom stereocenters. The van der Waals surface area contributed by atoms with Crippen LogP contribution in [-0.4, -0.2) is 51.9 Å². The molecule has 1 atom stereocenters. The number of fused-ring (bicyclic) bond motifs is 2. The van der Waals surface area contributed by atoms with Crippen LogP contribution in [0.25, 0.3) is 27.8 Å². The lowest BCUT2D eigenvalue weighted by atomic mass is 10.1. The van der Waals surface area contributed by atoms with Crippen LogP contribution in [0.4, 0.5) is 4.39 Å². The fourth-order valence-electron chi connectivity index (χ4n) is 3.40. The molecule has 12 heteroatoms. The van der Waals surface area contributed by atoms with E-state index in [-0.39, 0.29) is 17.9 Å². The lowest BCUT2D eigenvalue weighted by Crippen LogP contribution is -2.02. The first-order valence-corrected chi connectivity index (χ1v) is 9.21. The summed E-state index contributed by atoms with van der Waals surface area (Å²) in [7, 11) is 1.57. The molecule has 5 rings (SSSR count). The highest BCUT2D eigenvalue weighted by Gasteiger charge is 2.18. The van der Waals surface area contributed by atoms with E-state index >= 15 is 0 Å². The molecular weight excluding hydrogens is 407 g/mol. The molecule has 31 heavy (non-hydrogen) atoms. The van der Waals surface area contributed by atoms with Crippen molar-refractivity contribution < 1.29 is 19.0 Å². The maximum atomic E-state index is 13.4. The van der Waals surface area contributed by atoms with Gasteiger partial charge in [0.2, 0.25) is 17.7 Å². The quantitative estimate of drug-likeness (QED) is 0.416. The van der Waals surface area contributed by atoms with E-state index in [1.807, 2.05) is 29.8 Å². The number of alkyl halides is 1. The topological polar surface area (TPSA) is 141 Å². The molecule has 0 bridgehead atoms. The van der Waals surface area contributed by atoms with E-state index in [0.717, 1.165) is 28.0 Å². The molecule has 0 spiro atoms. The Morgan fingerprint density at radius 2 is 2.10 bits per heavy atom. The van der Waals surface area contributed by atoms with Crippen LogP contribution in [0.5, 0.6) is 5.88 Å². The Bertz CT molecular complexity index is 1370. The Labute approximate surface area is 174 Å². The Morgan fingerprint density at radius 1 is 1.26 bits per heavy atom. The van der Waals surface area contributed by atoms with E-state index in [2.05, 4.69) is 30.2 Å². The van der Waals surface area contributed by atoms with Crippen molar-refractivity contribution in [3.05, 3.63) is 48.5 Å². The second-order valence-corrected chi connectivity index (χ2v) is 6.75. The number of halogens is 1. The minimum Gasteiger partial charge on any atom is -0.479 e. The Kier molecular flexibility index (Phi) is 5.07. The minimum absolute atomic E-state index is 0. The van der Waals surface area contributed by atoms with E-state index in [4.69, 9.17) is 9.15 Å². The van der Waals surface area contributed by atoms with Gasteiger partial charge in [0.05, 0.1) is 12.6 Å². The SMILES string of the molecule is COc1ncnn2ccc(-c3cnc4nc(C)n(Cc5nnc([C@@H](C)F)o5)c4c3)c12.O. The normalized spacial score (nSPS) is 12.3. The molecule has 5 aromatic heterocycles. The molecule has 0 radical (unpaired) electrons. The Hall–Kier alpha value is -3.93. The van der Waals surface area contributed by atoms with Gasteiger partial charge in [-0.1, -0.05) is 0 Å². The average molecular weight is 426 g/mol. The van der Waals surface area contributed by atoms with Crippen LogP contribution in [0, 0.1) is 6.92 Å². The monoisotopic (exact) mass is 426 g/mol. The van der Waals surface area contributed by atoms with Crippen LogP contribution >= 0.6 is 0 Å². The smallest absolute Gasteiger partial charge is 0.250 e. The second-order valence-electron chi connectivity index (χ2n) is 6.75. The van der Waals surface area contributed by atoms with Crippen LogP contribution in [0.2, 0.25) is 0 Å². The molecule has 5 aromatic rings. The molecule has 11 nitrogen and oxygen atoms in total. The fraction of sp³-hybridized carbons (Fsp3) is 0.263. The van der Waals surface area contributed by atoms with Crippen LogP contribution in [-0.2, 0) is 6.54 Å². The highest BCUT2D eigenvalue weighted by Crippen LogP contribution is 2.31. The number of hydrogen-bond acceptors (Lipinski definition) is 8. The summed E-state index contributed by atoms with van der Waals surface area (Å²) in [4.78, 5) is 13.2. The van der Waals surface area contributed by atoms with Crippen molar-refractivity contribution in [1.82, 2.24) is 39.3 Å². The molecular formula is C19H19FN8O3. The third-order valence-corrected chi connectivity index (χ3v) is 4.84. The third kappa shape index (κ3) is 3.36. The number of ether oxygens (including phenoxy) is 1. The zero-order chi connectivity index (χ0) is 20.8. The standard InChI is InChI=1S/C19H17FN8O2.H2O/c1-10(20)18-26-25-15(30-18)8-27-11(2)24-17-14(27)6-12(7-21-17)13-4-5-28-16(13)19(29-3)22-9-23-28;/h4-7,9-10H,8H2,1-3H3;1H2/t10-;/m1./s1. The molecule has 2 N–H and O–H groups in total. The summed E-state index contributed by atoms with van der Waals surface area (Å²) >= 11 is 0. The van der Waals surface area contributed by atoms with Crippen molar-refractivity contribution in [3.8, 4) is 17.0 Å². The van der Waals surface area contributed by atoms with E-state index in [1.165, 1.54) is 13.3 Å². The predicted molar refractivity (Wildman–Crippen MR) is 107 cm³/mol. The van der Waals surface area contributed by atoms with Gasteiger partial charge in [0, 0.05) is 23.5 Å². The zero-order valence-corrected chi connectivity index (χ0v) is 16.9. The zero-order valence-electron chi connectivity index (χ0n) is 16.9. The van der Waals surface area contributed by atoms with Gasteiger partial charge in [0.15, 0.2) is 11.8 Å². The van der Waals surface area contributed by atoms with Crippen LogP contribution in [0.3, 0.4) is 0 Å². The van der Waals surface area contributed by atoms with E-state index in [1.54, 1.807) is 17.8 Å². The van der Waals surface area contributed by atoms with Gasteiger partial charge in [0.1, 0.15) is 24.2 Å². The lowest BCUT2D eigenvalue weighted by molar-refractivity contribution is 0.290. The predicted octanol–water partition coefficient (Wildman–Crippen LogP) is 2.10. The van der Waals surface area contributed by atoms with E-state index < -0.39 is 6.17 Å². The molecule has 0 aromatic carbocycles. The maximum Gasteiger partial charge on any atom is 0.250 e. The molecule has 160 valence electrons. The van der Waals surface area contributed by atoms with Gasteiger partial charge in [-0.3, -0.25) is 0 Å². The van der Waals surface area contributed by atoms with Gasteiger partial charge in [-0.25, -0.2) is 18.9 Å². The number of methoxy groups -OCH3 is 1. The molecule has 0 saturated carbocycles. The van der Waals surface area contributed by atoms with Crippen molar-refractivity contribution in [1.29, 1.82) is 0 Å². The van der Waals surface area contributed by atoms with Crippen molar-refractivity contribution >= 4 is 16.7 Å². The van der Waals surface area contributed by atoms with Gasteiger partial charge in [-0.05, 0) is 26.0 Å². The minimum atomic E-state index is -1.32. The van der Waals surface area contributed by atoms with Gasteiger partial charge in [0.25, 0.3) is 0 Å².